The van der Waals surface area contributed by atoms with E-state index in [1.807, 2.05) is 13.1 Å². The quantitative estimate of drug-likeness (QED) is 0.426. The van der Waals surface area contributed by atoms with E-state index in [-0.39, 0.29) is 24.0 Å². The lowest BCUT2D eigenvalue weighted by Gasteiger charge is -2.18. The number of hydrogen-bond donors (Lipinski definition) is 2. The summed E-state index contributed by atoms with van der Waals surface area (Å²) in [4.78, 5) is 4.30. The minimum absolute atomic E-state index is 0. The van der Waals surface area contributed by atoms with Gasteiger partial charge >= 0.3 is 0 Å². The summed E-state index contributed by atoms with van der Waals surface area (Å²) in [5, 5.41) is 6.85. The lowest BCUT2D eigenvalue weighted by Crippen LogP contribution is -2.38. The highest BCUT2D eigenvalue weighted by atomic mass is 127. The molecule has 2 atom stereocenters. The molecule has 4 nitrogen and oxygen atoms in total. The normalized spacial score (nSPS) is 24.0. The molecule has 2 aliphatic rings. The van der Waals surface area contributed by atoms with Crippen LogP contribution in [0, 0.1) is 5.92 Å². The van der Waals surface area contributed by atoms with Gasteiger partial charge in [-0.15, -0.1) is 24.0 Å². The van der Waals surface area contributed by atoms with Crippen molar-refractivity contribution in [3.63, 3.8) is 0 Å². The zero-order chi connectivity index (χ0) is 15.4. The average molecular weight is 429 g/mol. The fourth-order valence-corrected chi connectivity index (χ4v) is 3.02. The number of ether oxygens (including phenoxy) is 1. The molecule has 3 rings (SSSR count). The Morgan fingerprint density at radius 2 is 1.96 bits per heavy atom. The van der Waals surface area contributed by atoms with Gasteiger partial charge in [-0.25, -0.2) is 0 Å². The van der Waals surface area contributed by atoms with E-state index in [1.54, 1.807) is 0 Å². The molecular weight excluding hydrogens is 401 g/mol. The van der Waals surface area contributed by atoms with Crippen LogP contribution in [-0.4, -0.2) is 25.2 Å². The molecule has 0 aromatic heterocycles. The van der Waals surface area contributed by atoms with E-state index < -0.39 is 0 Å². The first-order valence-electron chi connectivity index (χ1n) is 8.48. The SMILES string of the molecule is CN=C(NCc1ccccc1OC1CCCC1)NC1CC1C.I. The van der Waals surface area contributed by atoms with Crippen LogP contribution in [-0.2, 0) is 6.54 Å². The van der Waals surface area contributed by atoms with Crippen molar-refractivity contribution in [1.29, 1.82) is 0 Å². The van der Waals surface area contributed by atoms with Gasteiger partial charge in [0.2, 0.25) is 0 Å². The first-order chi connectivity index (χ1) is 10.8. The van der Waals surface area contributed by atoms with Gasteiger partial charge in [-0.05, 0) is 44.1 Å². The molecule has 128 valence electrons. The molecule has 0 aliphatic heterocycles. The number of halogens is 1. The van der Waals surface area contributed by atoms with Gasteiger partial charge in [0, 0.05) is 25.2 Å². The van der Waals surface area contributed by atoms with Gasteiger partial charge in [0.05, 0.1) is 6.10 Å². The Morgan fingerprint density at radius 3 is 2.61 bits per heavy atom. The summed E-state index contributed by atoms with van der Waals surface area (Å²) >= 11 is 0. The molecule has 0 saturated heterocycles. The molecule has 2 unspecified atom stereocenters. The second kappa shape index (κ2) is 8.76. The van der Waals surface area contributed by atoms with Crippen molar-refractivity contribution in [2.75, 3.05) is 7.05 Å². The first-order valence-corrected chi connectivity index (χ1v) is 8.48. The molecule has 5 heteroatoms. The number of para-hydroxylation sites is 1. The van der Waals surface area contributed by atoms with E-state index in [2.05, 4.69) is 40.7 Å². The highest BCUT2D eigenvalue weighted by molar-refractivity contribution is 14.0. The van der Waals surface area contributed by atoms with Crippen LogP contribution in [0.25, 0.3) is 0 Å². The molecule has 0 spiro atoms. The zero-order valence-corrected chi connectivity index (χ0v) is 16.4. The van der Waals surface area contributed by atoms with Crippen LogP contribution in [0.4, 0.5) is 0 Å². The van der Waals surface area contributed by atoms with Crippen LogP contribution in [0.15, 0.2) is 29.3 Å². The Balaban J connectivity index is 0.00000192. The average Bonchev–Trinajstić information content (AvgIpc) is 3.00. The predicted molar refractivity (Wildman–Crippen MR) is 106 cm³/mol. The van der Waals surface area contributed by atoms with Gasteiger partial charge in [-0.2, -0.15) is 0 Å². The lowest BCUT2D eigenvalue weighted by molar-refractivity contribution is 0.208. The second-order valence-corrected chi connectivity index (χ2v) is 6.52. The number of nitrogens with one attached hydrogen (secondary N) is 2. The number of benzene rings is 1. The summed E-state index contributed by atoms with van der Waals surface area (Å²) in [6, 6.07) is 8.90. The minimum Gasteiger partial charge on any atom is -0.490 e. The molecule has 0 heterocycles. The molecule has 2 fully saturated rings. The van der Waals surface area contributed by atoms with Gasteiger partial charge in [-0.3, -0.25) is 4.99 Å². The molecule has 0 radical (unpaired) electrons. The zero-order valence-electron chi connectivity index (χ0n) is 14.0. The van der Waals surface area contributed by atoms with Gasteiger partial charge < -0.3 is 15.4 Å². The Bertz CT molecular complexity index is 529. The van der Waals surface area contributed by atoms with Crippen molar-refractivity contribution in [2.45, 2.75) is 57.7 Å². The van der Waals surface area contributed by atoms with Gasteiger partial charge in [-0.1, -0.05) is 25.1 Å². The van der Waals surface area contributed by atoms with Crippen molar-refractivity contribution in [3.05, 3.63) is 29.8 Å². The van der Waals surface area contributed by atoms with Crippen LogP contribution >= 0.6 is 24.0 Å². The lowest BCUT2D eigenvalue weighted by atomic mass is 10.2. The largest absolute Gasteiger partial charge is 0.490 e. The molecule has 2 saturated carbocycles. The second-order valence-electron chi connectivity index (χ2n) is 6.52. The number of aliphatic imine (C=N–C) groups is 1. The van der Waals surface area contributed by atoms with Crippen molar-refractivity contribution >= 4 is 29.9 Å². The van der Waals surface area contributed by atoms with E-state index in [9.17, 15) is 0 Å². The highest BCUT2D eigenvalue weighted by Crippen LogP contribution is 2.29. The van der Waals surface area contributed by atoms with E-state index >= 15 is 0 Å². The fourth-order valence-electron chi connectivity index (χ4n) is 3.02. The highest BCUT2D eigenvalue weighted by Gasteiger charge is 2.33. The Hall–Kier alpha value is -0.980. The first kappa shape index (κ1) is 18.4. The molecule has 2 N–H and O–H groups in total. The summed E-state index contributed by atoms with van der Waals surface area (Å²) in [5.41, 5.74) is 1.20. The Labute approximate surface area is 156 Å². The van der Waals surface area contributed by atoms with E-state index in [0.29, 0.717) is 12.1 Å². The third-order valence-corrected chi connectivity index (χ3v) is 4.67. The molecular formula is C18H28IN3O. The molecule has 0 bridgehead atoms. The van der Waals surface area contributed by atoms with E-state index in [1.165, 1.54) is 37.7 Å². The maximum Gasteiger partial charge on any atom is 0.191 e. The number of guanidine groups is 1. The molecule has 23 heavy (non-hydrogen) atoms. The standard InChI is InChI=1S/C18H27N3O.HI/c1-13-11-16(13)21-18(19-2)20-12-14-7-3-6-10-17(14)22-15-8-4-5-9-15;/h3,6-7,10,13,15-16H,4-5,8-9,11-12H2,1-2H3,(H2,19,20,21);1H. The van der Waals surface area contributed by atoms with Crippen molar-refractivity contribution in [2.24, 2.45) is 10.9 Å². The van der Waals surface area contributed by atoms with Gasteiger partial charge in [0.1, 0.15) is 5.75 Å². The van der Waals surface area contributed by atoms with Crippen molar-refractivity contribution in [1.82, 2.24) is 10.6 Å². The topological polar surface area (TPSA) is 45.7 Å². The molecule has 1 aromatic rings. The van der Waals surface area contributed by atoms with Crippen LogP contribution in [0.5, 0.6) is 5.75 Å². The smallest absolute Gasteiger partial charge is 0.191 e. The van der Waals surface area contributed by atoms with Crippen molar-refractivity contribution in [3.8, 4) is 5.75 Å². The summed E-state index contributed by atoms with van der Waals surface area (Å²) < 4.78 is 6.18. The summed E-state index contributed by atoms with van der Waals surface area (Å²) in [5.74, 6) is 2.65. The molecule has 0 amide bonds. The maximum atomic E-state index is 6.18. The summed E-state index contributed by atoms with van der Waals surface area (Å²) in [7, 11) is 1.82. The third-order valence-electron chi connectivity index (χ3n) is 4.67. The minimum atomic E-state index is 0. The Morgan fingerprint density at radius 1 is 1.26 bits per heavy atom. The van der Waals surface area contributed by atoms with Crippen LogP contribution in [0.2, 0.25) is 0 Å². The number of nitrogens with zero attached hydrogens (tertiary/aromatic N) is 1. The third kappa shape index (κ3) is 5.26. The maximum absolute atomic E-state index is 6.18. The van der Waals surface area contributed by atoms with Crippen LogP contribution in [0.1, 0.15) is 44.6 Å². The predicted octanol–water partition coefficient (Wildman–Crippen LogP) is 3.70. The van der Waals surface area contributed by atoms with E-state index in [4.69, 9.17) is 4.74 Å². The summed E-state index contributed by atoms with van der Waals surface area (Å²) in [6.07, 6.45) is 6.59. The Kier molecular flexibility index (Phi) is 6.99. The van der Waals surface area contributed by atoms with Crippen LogP contribution in [0.3, 0.4) is 0 Å². The van der Waals surface area contributed by atoms with Crippen molar-refractivity contribution < 1.29 is 4.74 Å². The fraction of sp³-hybridized carbons (Fsp3) is 0.611. The molecule has 1 aromatic carbocycles. The number of hydrogen-bond acceptors (Lipinski definition) is 2. The summed E-state index contributed by atoms with van der Waals surface area (Å²) in [6.45, 7) is 3.00. The number of rotatable bonds is 5. The van der Waals surface area contributed by atoms with Gasteiger partial charge in [0.15, 0.2) is 5.96 Å². The van der Waals surface area contributed by atoms with Gasteiger partial charge in [0.25, 0.3) is 0 Å². The van der Waals surface area contributed by atoms with E-state index in [0.717, 1.165) is 24.2 Å². The molecule has 2 aliphatic carbocycles. The van der Waals surface area contributed by atoms with Crippen LogP contribution < -0.4 is 15.4 Å². The monoisotopic (exact) mass is 429 g/mol.